The monoisotopic (exact) mass is 390 g/mol. The molecule has 1 unspecified atom stereocenters. The Labute approximate surface area is 166 Å². The molecule has 3 heterocycles. The van der Waals surface area contributed by atoms with E-state index in [0.29, 0.717) is 22.6 Å². The second-order valence-electron chi connectivity index (χ2n) is 6.52. The van der Waals surface area contributed by atoms with Gasteiger partial charge in [-0.3, -0.25) is 14.6 Å². The van der Waals surface area contributed by atoms with Gasteiger partial charge in [-0.2, -0.15) is 0 Å². The maximum Gasteiger partial charge on any atom is 0.296 e. The lowest BCUT2D eigenvalue weighted by atomic mass is 9.95. The molecule has 0 radical (unpaired) electrons. The lowest BCUT2D eigenvalue weighted by molar-refractivity contribution is -0.140. The predicted molar refractivity (Wildman–Crippen MR) is 104 cm³/mol. The molecule has 1 amide bonds. The zero-order chi connectivity index (χ0) is 20.4. The summed E-state index contributed by atoms with van der Waals surface area (Å²) in [5.41, 5.74) is 1.11. The number of Topliss-reactive ketones (excluding diaryl/α,β-unsaturated/α-hetero) is 1. The molecule has 7 nitrogen and oxygen atoms in total. The number of hydrogen-bond acceptors (Lipinski definition) is 6. The van der Waals surface area contributed by atoms with E-state index in [4.69, 9.17) is 9.15 Å². The number of aliphatic hydroxyl groups is 1. The predicted octanol–water partition coefficient (Wildman–Crippen LogP) is 3.31. The van der Waals surface area contributed by atoms with Crippen LogP contribution in [0.3, 0.4) is 0 Å². The molecular formula is C22H18N2O5. The number of ketones is 1. The van der Waals surface area contributed by atoms with E-state index in [1.54, 1.807) is 55.6 Å². The van der Waals surface area contributed by atoms with E-state index in [0.717, 1.165) is 0 Å². The third-order valence-electron chi connectivity index (χ3n) is 4.83. The summed E-state index contributed by atoms with van der Waals surface area (Å²) in [5, 5.41) is 10.9. The summed E-state index contributed by atoms with van der Waals surface area (Å²) >= 11 is 0. The van der Waals surface area contributed by atoms with Gasteiger partial charge < -0.3 is 19.2 Å². The fourth-order valence-electron chi connectivity index (χ4n) is 3.41. The Kier molecular flexibility index (Phi) is 4.87. The van der Waals surface area contributed by atoms with Crippen LogP contribution in [0.4, 0.5) is 0 Å². The van der Waals surface area contributed by atoms with Gasteiger partial charge in [0.05, 0.1) is 31.5 Å². The zero-order valence-electron chi connectivity index (χ0n) is 15.6. The van der Waals surface area contributed by atoms with Gasteiger partial charge in [0, 0.05) is 18.0 Å². The quantitative estimate of drug-likeness (QED) is 0.408. The highest BCUT2D eigenvalue weighted by molar-refractivity contribution is 6.46. The van der Waals surface area contributed by atoms with Gasteiger partial charge in [-0.05, 0) is 42.0 Å². The van der Waals surface area contributed by atoms with Crippen LogP contribution in [0.15, 0.2) is 77.2 Å². The Morgan fingerprint density at radius 2 is 1.86 bits per heavy atom. The molecule has 2 aromatic heterocycles. The van der Waals surface area contributed by atoms with Gasteiger partial charge in [-0.1, -0.05) is 12.1 Å². The molecule has 1 N–H and O–H groups in total. The number of methoxy groups -OCH3 is 1. The summed E-state index contributed by atoms with van der Waals surface area (Å²) in [7, 11) is 1.56. The maximum atomic E-state index is 12.9. The molecule has 29 heavy (non-hydrogen) atoms. The molecule has 146 valence electrons. The molecular weight excluding hydrogens is 372 g/mol. The molecule has 0 spiro atoms. The Morgan fingerprint density at radius 1 is 1.14 bits per heavy atom. The Morgan fingerprint density at radius 3 is 2.48 bits per heavy atom. The van der Waals surface area contributed by atoms with Gasteiger partial charge in [0.1, 0.15) is 17.3 Å². The summed E-state index contributed by atoms with van der Waals surface area (Å²) < 4.78 is 10.6. The SMILES string of the molecule is COc1ccc(C2/C(=C(\O)c3ccncc3)C(=O)C(=O)N2Cc2ccco2)cc1. The van der Waals surface area contributed by atoms with Crippen molar-refractivity contribution in [2.45, 2.75) is 12.6 Å². The van der Waals surface area contributed by atoms with Gasteiger partial charge in [-0.15, -0.1) is 0 Å². The second kappa shape index (κ2) is 7.63. The van der Waals surface area contributed by atoms with Gasteiger partial charge >= 0.3 is 0 Å². The Balaban J connectivity index is 1.85. The van der Waals surface area contributed by atoms with Crippen LogP contribution in [0.5, 0.6) is 5.75 Å². The van der Waals surface area contributed by atoms with Crippen molar-refractivity contribution in [1.29, 1.82) is 0 Å². The maximum absolute atomic E-state index is 12.9. The number of nitrogens with zero attached hydrogens (tertiary/aromatic N) is 2. The lowest BCUT2D eigenvalue weighted by Crippen LogP contribution is -2.29. The van der Waals surface area contributed by atoms with Crippen LogP contribution in [0.2, 0.25) is 0 Å². The number of pyridine rings is 1. The highest BCUT2D eigenvalue weighted by atomic mass is 16.5. The number of aromatic nitrogens is 1. The van der Waals surface area contributed by atoms with Crippen molar-refractivity contribution in [2.24, 2.45) is 0 Å². The highest BCUT2D eigenvalue weighted by Gasteiger charge is 2.46. The van der Waals surface area contributed by atoms with Gasteiger partial charge in [0.15, 0.2) is 0 Å². The Hall–Kier alpha value is -3.87. The minimum absolute atomic E-state index is 0.0259. The molecule has 0 saturated carbocycles. The molecule has 4 rings (SSSR count). The second-order valence-corrected chi connectivity index (χ2v) is 6.52. The molecule has 1 aliphatic heterocycles. The first-order chi connectivity index (χ1) is 14.1. The third-order valence-corrected chi connectivity index (χ3v) is 4.83. The molecule has 1 aromatic carbocycles. The third kappa shape index (κ3) is 3.38. The van der Waals surface area contributed by atoms with Crippen molar-refractivity contribution in [3.05, 3.63) is 89.6 Å². The summed E-state index contributed by atoms with van der Waals surface area (Å²) in [6, 6.07) is 12.9. The van der Waals surface area contributed by atoms with Crippen LogP contribution < -0.4 is 4.74 Å². The molecule has 3 aromatic rings. The number of amides is 1. The van der Waals surface area contributed by atoms with Gasteiger partial charge in [0.25, 0.3) is 11.7 Å². The van der Waals surface area contributed by atoms with Crippen molar-refractivity contribution >= 4 is 17.4 Å². The van der Waals surface area contributed by atoms with Crippen LogP contribution in [-0.2, 0) is 16.1 Å². The number of rotatable bonds is 5. The Bertz CT molecular complexity index is 1060. The lowest BCUT2D eigenvalue weighted by Gasteiger charge is -2.24. The first-order valence-corrected chi connectivity index (χ1v) is 8.95. The van der Waals surface area contributed by atoms with Crippen molar-refractivity contribution in [3.63, 3.8) is 0 Å². The largest absolute Gasteiger partial charge is 0.507 e. The summed E-state index contributed by atoms with van der Waals surface area (Å²) in [4.78, 5) is 31.0. The van der Waals surface area contributed by atoms with Crippen LogP contribution >= 0.6 is 0 Å². The van der Waals surface area contributed by atoms with E-state index in [-0.39, 0.29) is 17.9 Å². The van der Waals surface area contributed by atoms with E-state index in [2.05, 4.69) is 4.98 Å². The van der Waals surface area contributed by atoms with E-state index < -0.39 is 17.7 Å². The highest BCUT2D eigenvalue weighted by Crippen LogP contribution is 2.40. The zero-order valence-corrected chi connectivity index (χ0v) is 15.6. The summed E-state index contributed by atoms with van der Waals surface area (Å²) in [6.07, 6.45) is 4.53. The fraction of sp³-hybridized carbons (Fsp3) is 0.136. The number of hydrogen-bond donors (Lipinski definition) is 1. The average molecular weight is 390 g/mol. The first kappa shape index (κ1) is 18.5. The molecule has 1 atom stereocenters. The molecule has 1 saturated heterocycles. The van der Waals surface area contributed by atoms with Crippen molar-refractivity contribution < 1.29 is 23.8 Å². The molecule has 1 fully saturated rings. The van der Waals surface area contributed by atoms with Crippen molar-refractivity contribution in [2.75, 3.05) is 7.11 Å². The van der Waals surface area contributed by atoms with E-state index in [9.17, 15) is 14.7 Å². The molecule has 7 heteroatoms. The molecule has 0 bridgehead atoms. The smallest absolute Gasteiger partial charge is 0.296 e. The first-order valence-electron chi connectivity index (χ1n) is 8.95. The number of carbonyl (C=O) groups is 2. The number of furan rings is 1. The molecule has 1 aliphatic rings. The van der Waals surface area contributed by atoms with Crippen molar-refractivity contribution in [3.8, 4) is 5.75 Å². The fourth-order valence-corrected chi connectivity index (χ4v) is 3.41. The van der Waals surface area contributed by atoms with Gasteiger partial charge in [0.2, 0.25) is 0 Å². The summed E-state index contributed by atoms with van der Waals surface area (Å²) in [5.74, 6) is -0.502. The number of carbonyl (C=O) groups excluding carboxylic acids is 2. The standard InChI is InChI=1S/C22H18N2O5/c1-28-16-6-4-14(5-7-16)19-18(20(25)15-8-10-23-11-9-15)21(26)22(27)24(19)13-17-3-2-12-29-17/h2-12,19,25H,13H2,1H3/b20-18+. The normalized spacial score (nSPS) is 18.2. The minimum atomic E-state index is -0.765. The van der Waals surface area contributed by atoms with Crippen molar-refractivity contribution in [1.82, 2.24) is 9.88 Å². The van der Waals surface area contributed by atoms with Gasteiger partial charge in [-0.25, -0.2) is 0 Å². The molecule has 0 aliphatic carbocycles. The van der Waals surface area contributed by atoms with Crippen LogP contribution in [0, 0.1) is 0 Å². The van der Waals surface area contributed by atoms with E-state index in [1.165, 1.54) is 23.6 Å². The summed E-state index contributed by atoms with van der Waals surface area (Å²) in [6.45, 7) is 0.0986. The number of ether oxygens (including phenoxy) is 1. The number of aliphatic hydroxyl groups excluding tert-OH is 1. The minimum Gasteiger partial charge on any atom is -0.507 e. The van der Waals surface area contributed by atoms with Crippen LogP contribution in [0.1, 0.15) is 22.9 Å². The average Bonchev–Trinajstić information content (AvgIpc) is 3.36. The number of likely N-dealkylation sites (tertiary alicyclic amines) is 1. The van der Waals surface area contributed by atoms with Crippen LogP contribution in [-0.4, -0.2) is 33.8 Å². The topological polar surface area (TPSA) is 92.9 Å². The van der Waals surface area contributed by atoms with Crippen LogP contribution in [0.25, 0.3) is 5.76 Å². The van der Waals surface area contributed by atoms with E-state index >= 15 is 0 Å². The number of benzene rings is 1. The van der Waals surface area contributed by atoms with E-state index in [1.807, 2.05) is 0 Å².